The summed E-state index contributed by atoms with van der Waals surface area (Å²) >= 11 is 0. The summed E-state index contributed by atoms with van der Waals surface area (Å²) in [5.74, 6) is 1.63. The molecule has 2 aromatic carbocycles. The molecule has 4 nitrogen and oxygen atoms in total. The van der Waals surface area contributed by atoms with Crippen molar-refractivity contribution < 1.29 is 14.3 Å². The van der Waals surface area contributed by atoms with E-state index in [-0.39, 0.29) is 5.78 Å². The third-order valence-corrected chi connectivity index (χ3v) is 4.48. The Hall–Kier alpha value is -2.59. The molecule has 2 aromatic rings. The summed E-state index contributed by atoms with van der Waals surface area (Å²) in [7, 11) is 1.63. The molecule has 136 valence electrons. The molecule has 0 atom stereocenters. The van der Waals surface area contributed by atoms with Gasteiger partial charge in [-0.15, -0.1) is 0 Å². The van der Waals surface area contributed by atoms with E-state index in [2.05, 4.69) is 17.0 Å². The highest BCUT2D eigenvalue weighted by Crippen LogP contribution is 2.29. The summed E-state index contributed by atoms with van der Waals surface area (Å²) < 4.78 is 11.0. The molecule has 1 aliphatic heterocycles. The number of methoxy groups -OCH3 is 1. The maximum absolute atomic E-state index is 12.4. The number of carbonyl (C=O) groups is 1. The van der Waals surface area contributed by atoms with Crippen LogP contribution in [0.4, 0.5) is 0 Å². The zero-order valence-electron chi connectivity index (χ0n) is 15.4. The second-order valence-electron chi connectivity index (χ2n) is 6.38. The molecular formula is C22H25NO3. The molecule has 0 aromatic heterocycles. The molecule has 0 radical (unpaired) electrons. The molecular weight excluding hydrogens is 326 g/mol. The lowest BCUT2D eigenvalue weighted by atomic mass is 9.99. The summed E-state index contributed by atoms with van der Waals surface area (Å²) in [6.45, 7) is 4.84. The van der Waals surface area contributed by atoms with Gasteiger partial charge in [0.1, 0.15) is 0 Å². The third kappa shape index (κ3) is 4.52. The first-order chi connectivity index (χ1) is 12.7. The molecule has 1 fully saturated rings. The molecule has 0 spiro atoms. The number of carbonyl (C=O) groups excluding carboxylic acids is 1. The van der Waals surface area contributed by atoms with E-state index in [1.165, 1.54) is 5.56 Å². The Morgan fingerprint density at radius 3 is 2.65 bits per heavy atom. The number of hydrogen-bond donors (Lipinski definition) is 0. The van der Waals surface area contributed by atoms with Gasteiger partial charge in [-0.3, -0.25) is 9.69 Å². The van der Waals surface area contributed by atoms with Gasteiger partial charge in [0.2, 0.25) is 0 Å². The van der Waals surface area contributed by atoms with Crippen LogP contribution in [0.25, 0.3) is 6.08 Å². The molecule has 0 bridgehead atoms. The van der Waals surface area contributed by atoms with Crippen LogP contribution < -0.4 is 9.47 Å². The third-order valence-electron chi connectivity index (χ3n) is 4.48. The number of Topliss-reactive ketones (excluding diaryl/α,β-unsaturated/α-hetero) is 1. The topological polar surface area (TPSA) is 38.8 Å². The van der Waals surface area contributed by atoms with Crippen LogP contribution in [0, 0.1) is 0 Å². The first-order valence-corrected chi connectivity index (χ1v) is 9.00. The molecule has 1 saturated heterocycles. The molecule has 0 N–H and O–H groups in total. The van der Waals surface area contributed by atoms with Gasteiger partial charge in [0.15, 0.2) is 17.3 Å². The Morgan fingerprint density at radius 2 is 1.92 bits per heavy atom. The van der Waals surface area contributed by atoms with Gasteiger partial charge >= 0.3 is 0 Å². The molecule has 4 heteroatoms. The van der Waals surface area contributed by atoms with Crippen molar-refractivity contribution in [2.75, 3.05) is 26.8 Å². The fraction of sp³-hybridized carbons (Fsp3) is 0.318. The average Bonchev–Trinajstić information content (AvgIpc) is 2.66. The standard InChI is InChI=1S/C22H25NO3/c1-3-26-22-14-18(9-10-21(22)25-2)13-19-16-23(12-11-20(19)24)15-17-7-5-4-6-8-17/h4-10,13-14H,3,11-12,15-16H2,1-2H3/b19-13+. The molecule has 1 heterocycles. The predicted octanol–water partition coefficient (Wildman–Crippen LogP) is 3.95. The average molecular weight is 351 g/mol. The van der Waals surface area contributed by atoms with Crippen LogP contribution in [-0.2, 0) is 11.3 Å². The minimum Gasteiger partial charge on any atom is -0.493 e. The number of likely N-dealkylation sites (tertiary alicyclic amines) is 1. The van der Waals surface area contributed by atoms with Crippen molar-refractivity contribution in [2.24, 2.45) is 0 Å². The second-order valence-corrected chi connectivity index (χ2v) is 6.38. The number of hydrogen-bond acceptors (Lipinski definition) is 4. The van der Waals surface area contributed by atoms with Gasteiger partial charge in [-0.2, -0.15) is 0 Å². The van der Waals surface area contributed by atoms with Crippen molar-refractivity contribution in [3.05, 3.63) is 65.2 Å². The van der Waals surface area contributed by atoms with Crippen LogP contribution in [0.1, 0.15) is 24.5 Å². The van der Waals surface area contributed by atoms with E-state index in [4.69, 9.17) is 9.47 Å². The first kappa shape index (κ1) is 18.2. The highest BCUT2D eigenvalue weighted by Gasteiger charge is 2.21. The lowest BCUT2D eigenvalue weighted by molar-refractivity contribution is -0.117. The molecule has 0 amide bonds. The van der Waals surface area contributed by atoms with Crippen LogP contribution in [0.2, 0.25) is 0 Å². The minimum atomic E-state index is 0.225. The van der Waals surface area contributed by atoms with E-state index in [0.717, 1.165) is 24.2 Å². The highest BCUT2D eigenvalue weighted by molar-refractivity contribution is 6.00. The smallest absolute Gasteiger partial charge is 0.161 e. The van der Waals surface area contributed by atoms with Gasteiger partial charge < -0.3 is 9.47 Å². The Morgan fingerprint density at radius 1 is 1.12 bits per heavy atom. The van der Waals surface area contributed by atoms with Crippen LogP contribution >= 0.6 is 0 Å². The summed E-state index contributed by atoms with van der Waals surface area (Å²) in [5, 5.41) is 0. The fourth-order valence-corrected chi connectivity index (χ4v) is 3.18. The van der Waals surface area contributed by atoms with Gasteiger partial charge in [-0.1, -0.05) is 36.4 Å². The first-order valence-electron chi connectivity index (χ1n) is 9.00. The highest BCUT2D eigenvalue weighted by atomic mass is 16.5. The zero-order valence-corrected chi connectivity index (χ0v) is 15.4. The van der Waals surface area contributed by atoms with Crippen molar-refractivity contribution in [1.29, 1.82) is 0 Å². The Kier molecular flexibility index (Phi) is 6.08. The minimum absolute atomic E-state index is 0.225. The molecule has 0 unspecified atom stereocenters. The van der Waals surface area contributed by atoms with E-state index >= 15 is 0 Å². The van der Waals surface area contributed by atoms with Crippen LogP contribution in [0.3, 0.4) is 0 Å². The Balaban J connectivity index is 1.77. The summed E-state index contributed by atoms with van der Waals surface area (Å²) in [5.41, 5.74) is 3.07. The normalized spacial score (nSPS) is 16.7. The predicted molar refractivity (Wildman–Crippen MR) is 103 cm³/mol. The summed E-state index contributed by atoms with van der Waals surface area (Å²) in [4.78, 5) is 14.7. The van der Waals surface area contributed by atoms with Gasteiger partial charge in [0.05, 0.1) is 13.7 Å². The number of rotatable bonds is 6. The van der Waals surface area contributed by atoms with Gasteiger partial charge in [0, 0.05) is 31.6 Å². The van der Waals surface area contributed by atoms with Gasteiger partial charge in [-0.25, -0.2) is 0 Å². The van der Waals surface area contributed by atoms with Crippen LogP contribution in [0.15, 0.2) is 54.1 Å². The van der Waals surface area contributed by atoms with E-state index in [0.29, 0.717) is 31.1 Å². The van der Waals surface area contributed by atoms with E-state index in [1.54, 1.807) is 7.11 Å². The Bertz CT molecular complexity index is 783. The van der Waals surface area contributed by atoms with Crippen LogP contribution in [0.5, 0.6) is 11.5 Å². The second kappa shape index (κ2) is 8.68. The SMILES string of the molecule is CCOc1cc(/C=C2\CN(Cc3ccccc3)CCC2=O)ccc1OC. The quantitative estimate of drug-likeness (QED) is 0.739. The number of ether oxygens (including phenoxy) is 2. The Labute approximate surface area is 155 Å². The van der Waals surface area contributed by atoms with Crippen molar-refractivity contribution >= 4 is 11.9 Å². The summed E-state index contributed by atoms with van der Waals surface area (Å²) in [6, 6.07) is 16.1. The van der Waals surface area contributed by atoms with E-state index < -0.39 is 0 Å². The van der Waals surface area contributed by atoms with E-state index in [9.17, 15) is 4.79 Å². The number of benzene rings is 2. The molecule has 0 saturated carbocycles. The molecule has 0 aliphatic carbocycles. The lowest BCUT2D eigenvalue weighted by Gasteiger charge is -2.28. The van der Waals surface area contributed by atoms with Crippen molar-refractivity contribution in [1.82, 2.24) is 4.90 Å². The van der Waals surface area contributed by atoms with E-state index in [1.807, 2.05) is 49.4 Å². The maximum atomic E-state index is 12.4. The maximum Gasteiger partial charge on any atom is 0.161 e. The van der Waals surface area contributed by atoms with Gasteiger partial charge in [0.25, 0.3) is 0 Å². The van der Waals surface area contributed by atoms with Crippen molar-refractivity contribution in [3.8, 4) is 11.5 Å². The van der Waals surface area contributed by atoms with Crippen LogP contribution in [-0.4, -0.2) is 37.5 Å². The van der Waals surface area contributed by atoms with Gasteiger partial charge in [-0.05, 0) is 36.3 Å². The van der Waals surface area contributed by atoms with Crippen molar-refractivity contribution in [2.45, 2.75) is 19.9 Å². The number of nitrogens with zero attached hydrogens (tertiary/aromatic N) is 1. The van der Waals surface area contributed by atoms with Crippen molar-refractivity contribution in [3.63, 3.8) is 0 Å². The number of ketones is 1. The monoisotopic (exact) mass is 351 g/mol. The molecule has 1 aliphatic rings. The summed E-state index contributed by atoms with van der Waals surface area (Å²) in [6.07, 6.45) is 2.54. The zero-order chi connectivity index (χ0) is 18.4. The fourth-order valence-electron chi connectivity index (χ4n) is 3.18. The largest absolute Gasteiger partial charge is 0.493 e. The molecule has 3 rings (SSSR count). The number of piperidine rings is 1. The molecule has 26 heavy (non-hydrogen) atoms. The lowest BCUT2D eigenvalue weighted by Crippen LogP contribution is -2.35.